The summed E-state index contributed by atoms with van der Waals surface area (Å²) in [6, 6.07) is 4.16. The number of nitrogens with one attached hydrogen (secondary N) is 1. The molecule has 3 rings (SSSR count). The van der Waals surface area contributed by atoms with E-state index in [-0.39, 0.29) is 32.7 Å². The molecule has 1 atom stereocenters. The summed E-state index contributed by atoms with van der Waals surface area (Å²) in [6.07, 6.45) is 0. The monoisotopic (exact) mass is 424 g/mol. The predicted octanol–water partition coefficient (Wildman–Crippen LogP) is 4.26. The molecular weight excluding hydrogens is 409 g/mol. The number of benzene rings is 2. The van der Waals surface area contributed by atoms with Gasteiger partial charge in [0.2, 0.25) is 5.91 Å². The Morgan fingerprint density at radius 1 is 1.17 bits per heavy atom. The molecule has 1 aromatic heterocycles. The van der Waals surface area contributed by atoms with Gasteiger partial charge in [-0.15, -0.1) is 0 Å². The van der Waals surface area contributed by atoms with Crippen molar-refractivity contribution in [2.24, 2.45) is 0 Å². The van der Waals surface area contributed by atoms with Gasteiger partial charge in [-0.1, -0.05) is 11.6 Å². The second kappa shape index (κ2) is 7.44. The molecule has 9 heteroatoms. The van der Waals surface area contributed by atoms with Crippen molar-refractivity contribution >= 4 is 34.3 Å². The molecule has 1 amide bonds. The van der Waals surface area contributed by atoms with E-state index in [1.54, 1.807) is 0 Å². The smallest absolute Gasteiger partial charge is 0.262 e. The van der Waals surface area contributed by atoms with Crippen LogP contribution in [0.3, 0.4) is 0 Å². The van der Waals surface area contributed by atoms with Crippen LogP contribution in [0.5, 0.6) is 5.75 Å². The fraction of sp³-hybridized carbons (Fsp3) is 0.200. The van der Waals surface area contributed by atoms with Gasteiger partial charge in [-0.25, -0.2) is 13.2 Å². The van der Waals surface area contributed by atoms with Crippen molar-refractivity contribution in [3.8, 4) is 5.75 Å². The van der Waals surface area contributed by atoms with Crippen molar-refractivity contribution in [1.82, 2.24) is 9.88 Å². The van der Waals surface area contributed by atoms with Gasteiger partial charge in [0.25, 0.3) is 5.91 Å². The molecule has 0 radical (unpaired) electrons. The van der Waals surface area contributed by atoms with Crippen LogP contribution in [0.25, 0.3) is 10.9 Å². The first-order valence-electron chi connectivity index (χ1n) is 8.53. The van der Waals surface area contributed by atoms with E-state index in [0.717, 1.165) is 16.7 Å². The third kappa shape index (κ3) is 3.23. The first-order valence-corrected chi connectivity index (χ1v) is 8.91. The van der Waals surface area contributed by atoms with E-state index in [2.05, 4.69) is 5.32 Å². The van der Waals surface area contributed by atoms with Crippen LogP contribution in [0.1, 0.15) is 34.5 Å². The van der Waals surface area contributed by atoms with Gasteiger partial charge in [0.1, 0.15) is 5.82 Å². The zero-order valence-corrected chi connectivity index (χ0v) is 16.4. The van der Waals surface area contributed by atoms with Gasteiger partial charge in [-0.3, -0.25) is 14.2 Å². The molecule has 0 unspecified atom stereocenters. The van der Waals surface area contributed by atoms with E-state index in [9.17, 15) is 27.9 Å². The highest BCUT2D eigenvalue weighted by Gasteiger charge is 2.30. The molecule has 1 heterocycles. The van der Waals surface area contributed by atoms with E-state index >= 15 is 0 Å². The van der Waals surface area contributed by atoms with Gasteiger partial charge >= 0.3 is 0 Å². The minimum atomic E-state index is -1.29. The first-order chi connectivity index (χ1) is 13.6. The van der Waals surface area contributed by atoms with Gasteiger partial charge < -0.3 is 10.4 Å². The molecule has 0 bridgehead atoms. The Morgan fingerprint density at radius 2 is 1.83 bits per heavy atom. The average molecular weight is 425 g/mol. The number of phenolic OH excluding ortho intramolecular Hbond substituents is 1. The van der Waals surface area contributed by atoms with Crippen molar-refractivity contribution in [2.45, 2.75) is 19.8 Å². The van der Waals surface area contributed by atoms with Gasteiger partial charge in [-0.05, 0) is 37.6 Å². The van der Waals surface area contributed by atoms with Crippen LogP contribution in [-0.2, 0) is 4.79 Å². The molecule has 0 aliphatic heterocycles. The quantitative estimate of drug-likeness (QED) is 0.659. The number of carbonyl (C=O) groups excluding carboxylic acids is 2. The van der Waals surface area contributed by atoms with Crippen LogP contribution in [0.15, 0.2) is 24.3 Å². The Bertz CT molecular complexity index is 1170. The molecular formula is C20H16ClF3N2O3. The van der Waals surface area contributed by atoms with Gasteiger partial charge in [-0.2, -0.15) is 0 Å². The summed E-state index contributed by atoms with van der Waals surface area (Å²) < 4.78 is 43.7. The molecule has 2 aromatic carbocycles. The summed E-state index contributed by atoms with van der Waals surface area (Å²) in [5.74, 6) is -6.78. The molecule has 3 aromatic rings. The maximum atomic E-state index is 14.8. The number of halogens is 4. The van der Waals surface area contributed by atoms with Crippen LogP contribution >= 0.6 is 11.6 Å². The average Bonchev–Trinajstić information content (AvgIpc) is 2.98. The number of rotatable bonds is 3. The minimum absolute atomic E-state index is 0.106. The van der Waals surface area contributed by atoms with Gasteiger partial charge in [0.05, 0.1) is 16.5 Å². The number of nitrogens with zero attached hydrogens (tertiary/aromatic N) is 1. The molecule has 29 heavy (non-hydrogen) atoms. The highest BCUT2D eigenvalue weighted by Crippen LogP contribution is 2.38. The Hall–Kier alpha value is -3.00. The summed E-state index contributed by atoms with van der Waals surface area (Å²) in [7, 11) is 1.39. The number of aromatic hydroxyl groups is 1. The Morgan fingerprint density at radius 3 is 2.41 bits per heavy atom. The molecule has 0 saturated heterocycles. The van der Waals surface area contributed by atoms with E-state index < -0.39 is 40.9 Å². The standard InChI is InChI=1S/C20H16ClF3N2O3/c1-8(19(28)25-3)15-9(2)26(14-7-13(23)18(27)17(24)16(14)15)20(29)10-4-5-11(21)12(22)6-10/h4-8,27H,1-3H3,(H,25,28)/t8-/m1/s1. The lowest BCUT2D eigenvalue weighted by molar-refractivity contribution is -0.121. The van der Waals surface area contributed by atoms with Gasteiger partial charge in [0, 0.05) is 29.8 Å². The Kier molecular flexibility index (Phi) is 5.32. The van der Waals surface area contributed by atoms with Crippen molar-refractivity contribution in [3.63, 3.8) is 0 Å². The third-order valence-electron chi connectivity index (χ3n) is 4.85. The fourth-order valence-corrected chi connectivity index (χ4v) is 3.53. The Balaban J connectivity index is 2.38. The molecule has 152 valence electrons. The van der Waals surface area contributed by atoms with Crippen LogP contribution in [0, 0.1) is 24.4 Å². The molecule has 2 N–H and O–H groups in total. The van der Waals surface area contributed by atoms with E-state index in [0.29, 0.717) is 0 Å². The predicted molar refractivity (Wildman–Crippen MR) is 102 cm³/mol. The van der Waals surface area contributed by atoms with Crippen LogP contribution in [0.4, 0.5) is 13.2 Å². The van der Waals surface area contributed by atoms with E-state index in [1.165, 1.54) is 33.0 Å². The largest absolute Gasteiger partial charge is 0.503 e. The number of carbonyl (C=O) groups is 2. The summed E-state index contributed by atoms with van der Waals surface area (Å²) in [4.78, 5) is 25.2. The summed E-state index contributed by atoms with van der Waals surface area (Å²) in [5, 5.41) is 11.7. The van der Waals surface area contributed by atoms with E-state index in [4.69, 9.17) is 11.6 Å². The lowest BCUT2D eigenvalue weighted by Gasteiger charge is -2.12. The van der Waals surface area contributed by atoms with Gasteiger partial charge in [0.15, 0.2) is 17.4 Å². The van der Waals surface area contributed by atoms with Crippen molar-refractivity contribution in [3.05, 3.63) is 63.6 Å². The highest BCUT2D eigenvalue weighted by molar-refractivity contribution is 6.30. The number of fused-ring (bicyclic) bond motifs is 1. The first kappa shape index (κ1) is 20.7. The second-order valence-corrected chi connectivity index (χ2v) is 6.93. The number of hydrogen-bond donors (Lipinski definition) is 2. The topological polar surface area (TPSA) is 71.3 Å². The zero-order valence-electron chi connectivity index (χ0n) is 15.6. The number of aromatic nitrogens is 1. The maximum Gasteiger partial charge on any atom is 0.262 e. The molecule has 0 fully saturated rings. The normalized spacial score (nSPS) is 12.2. The number of likely N-dealkylation sites (N-methyl/N-ethyl adjacent to an activating group) is 1. The maximum absolute atomic E-state index is 14.8. The second-order valence-electron chi connectivity index (χ2n) is 6.52. The lowest BCUT2D eigenvalue weighted by atomic mass is 9.96. The van der Waals surface area contributed by atoms with Crippen LogP contribution in [-0.4, -0.2) is 28.5 Å². The van der Waals surface area contributed by atoms with Crippen molar-refractivity contribution in [2.75, 3.05) is 7.05 Å². The summed E-state index contributed by atoms with van der Waals surface area (Å²) in [5.41, 5.74) is -0.0448. The molecule has 0 spiro atoms. The molecule has 0 aliphatic rings. The highest BCUT2D eigenvalue weighted by atomic mass is 35.5. The van der Waals surface area contributed by atoms with Crippen molar-refractivity contribution < 1.29 is 27.9 Å². The zero-order chi connectivity index (χ0) is 21.6. The third-order valence-corrected chi connectivity index (χ3v) is 5.16. The molecule has 5 nitrogen and oxygen atoms in total. The summed E-state index contributed by atoms with van der Waals surface area (Å²) >= 11 is 5.65. The Labute approximate surface area is 168 Å². The lowest BCUT2D eigenvalue weighted by Crippen LogP contribution is -2.24. The van der Waals surface area contributed by atoms with Crippen LogP contribution < -0.4 is 5.32 Å². The van der Waals surface area contributed by atoms with E-state index in [1.807, 2.05) is 0 Å². The van der Waals surface area contributed by atoms with Crippen LogP contribution in [0.2, 0.25) is 5.02 Å². The summed E-state index contributed by atoms with van der Waals surface area (Å²) in [6.45, 7) is 2.94. The molecule has 0 aliphatic carbocycles. The van der Waals surface area contributed by atoms with Crippen molar-refractivity contribution in [1.29, 1.82) is 0 Å². The molecule has 0 saturated carbocycles. The number of amides is 1. The SMILES string of the molecule is CNC(=O)[C@H](C)c1c(C)n(C(=O)c2ccc(Cl)c(F)c2)c2cc(F)c(O)c(F)c12. The number of phenols is 1. The minimum Gasteiger partial charge on any atom is -0.503 e. The number of hydrogen-bond acceptors (Lipinski definition) is 3. The fourth-order valence-electron chi connectivity index (χ4n) is 3.41.